The van der Waals surface area contributed by atoms with Crippen LogP contribution in [0.15, 0.2) is 12.1 Å². The Balaban J connectivity index is 2.15. The van der Waals surface area contributed by atoms with Gasteiger partial charge in [0.2, 0.25) is 0 Å². The van der Waals surface area contributed by atoms with E-state index in [-0.39, 0.29) is 11.7 Å². The molecule has 1 fully saturated rings. The van der Waals surface area contributed by atoms with E-state index < -0.39 is 11.6 Å². The predicted octanol–water partition coefficient (Wildman–Crippen LogP) is 4.23. The van der Waals surface area contributed by atoms with Gasteiger partial charge in [0.05, 0.1) is 0 Å². The number of halogens is 2. The van der Waals surface area contributed by atoms with Gasteiger partial charge in [0, 0.05) is 25.7 Å². The Kier molecular flexibility index (Phi) is 5.57. The number of nitrogens with zero attached hydrogens (tertiary/aromatic N) is 1. The molecule has 1 N–H and O–H groups in total. The summed E-state index contributed by atoms with van der Waals surface area (Å²) >= 11 is 0. The molecule has 0 spiro atoms. The zero-order chi connectivity index (χ0) is 15.4. The van der Waals surface area contributed by atoms with Crippen molar-refractivity contribution >= 4 is 5.69 Å². The molecule has 0 unspecified atom stereocenters. The first-order valence-corrected chi connectivity index (χ1v) is 7.93. The van der Waals surface area contributed by atoms with Gasteiger partial charge in [-0.25, -0.2) is 8.78 Å². The van der Waals surface area contributed by atoms with Crippen LogP contribution in [0.2, 0.25) is 0 Å². The molecule has 0 amide bonds. The molecule has 21 heavy (non-hydrogen) atoms. The predicted molar refractivity (Wildman–Crippen MR) is 83.6 cm³/mol. The molecule has 0 aliphatic heterocycles. The van der Waals surface area contributed by atoms with Gasteiger partial charge in [0.25, 0.3) is 0 Å². The summed E-state index contributed by atoms with van der Waals surface area (Å²) in [6.07, 6.45) is 5.57. The first-order valence-electron chi connectivity index (χ1n) is 7.93. The molecule has 1 aromatic rings. The van der Waals surface area contributed by atoms with E-state index in [4.69, 9.17) is 0 Å². The Labute approximate surface area is 126 Å². The molecule has 4 heteroatoms. The molecule has 1 aliphatic carbocycles. The lowest BCUT2D eigenvalue weighted by atomic mass is 9.94. The third kappa shape index (κ3) is 4.16. The first-order chi connectivity index (χ1) is 9.99. The summed E-state index contributed by atoms with van der Waals surface area (Å²) in [6, 6.07) is 3.45. The molecule has 0 radical (unpaired) electrons. The lowest BCUT2D eigenvalue weighted by Crippen LogP contribution is -2.34. The maximum atomic E-state index is 14.3. The molecular formula is C17H26F2N2. The molecule has 1 aliphatic rings. The molecular weight excluding hydrogens is 270 g/mol. The van der Waals surface area contributed by atoms with Crippen LogP contribution in [0, 0.1) is 11.6 Å². The molecule has 0 heterocycles. The van der Waals surface area contributed by atoms with Crippen LogP contribution in [0.1, 0.15) is 51.5 Å². The third-order valence-corrected chi connectivity index (χ3v) is 4.27. The van der Waals surface area contributed by atoms with Crippen LogP contribution in [0.4, 0.5) is 14.5 Å². The van der Waals surface area contributed by atoms with Crippen LogP contribution >= 0.6 is 0 Å². The summed E-state index contributed by atoms with van der Waals surface area (Å²) < 4.78 is 28.7. The Morgan fingerprint density at radius 3 is 2.24 bits per heavy atom. The van der Waals surface area contributed by atoms with Gasteiger partial charge in [0.15, 0.2) is 0 Å². The van der Waals surface area contributed by atoms with Gasteiger partial charge in [-0.15, -0.1) is 0 Å². The van der Waals surface area contributed by atoms with E-state index in [1.165, 1.54) is 18.6 Å². The summed E-state index contributed by atoms with van der Waals surface area (Å²) in [4.78, 5) is 1.80. The van der Waals surface area contributed by atoms with Crippen molar-refractivity contribution in [2.45, 2.75) is 64.6 Å². The largest absolute Gasteiger partial charge is 0.367 e. The SMILES string of the molecule is CC(C)NCc1cc(F)c(N(C)C2CCCCC2)c(F)c1. The summed E-state index contributed by atoms with van der Waals surface area (Å²) in [5, 5.41) is 3.18. The van der Waals surface area contributed by atoms with Crippen molar-refractivity contribution in [3.8, 4) is 0 Å². The summed E-state index contributed by atoms with van der Waals surface area (Å²) in [5.74, 6) is -0.910. The van der Waals surface area contributed by atoms with Crippen LogP contribution in [0.3, 0.4) is 0 Å². The monoisotopic (exact) mass is 296 g/mol. The van der Waals surface area contributed by atoms with Gasteiger partial charge in [-0.1, -0.05) is 33.1 Å². The maximum absolute atomic E-state index is 14.3. The van der Waals surface area contributed by atoms with Crippen molar-refractivity contribution < 1.29 is 8.78 Å². The zero-order valence-electron chi connectivity index (χ0n) is 13.3. The van der Waals surface area contributed by atoms with E-state index in [1.807, 2.05) is 20.9 Å². The van der Waals surface area contributed by atoms with E-state index in [1.54, 1.807) is 4.90 Å². The number of hydrogen-bond acceptors (Lipinski definition) is 2. The van der Waals surface area contributed by atoms with Crippen LogP contribution in [0.5, 0.6) is 0 Å². The molecule has 2 nitrogen and oxygen atoms in total. The van der Waals surface area contributed by atoms with Crippen LogP contribution < -0.4 is 10.2 Å². The standard InChI is InChI=1S/C17H26F2N2/c1-12(2)20-11-13-9-15(18)17(16(19)10-13)21(3)14-7-5-4-6-8-14/h9-10,12,14,20H,4-8,11H2,1-3H3. The molecule has 0 saturated heterocycles. The molecule has 2 rings (SSSR count). The minimum absolute atomic E-state index is 0.121. The average Bonchev–Trinajstić information content (AvgIpc) is 2.45. The number of anilines is 1. The van der Waals surface area contributed by atoms with E-state index in [9.17, 15) is 8.78 Å². The van der Waals surface area contributed by atoms with Crippen molar-refractivity contribution in [3.63, 3.8) is 0 Å². The summed E-state index contributed by atoms with van der Waals surface area (Å²) in [5.41, 5.74) is 0.773. The highest BCUT2D eigenvalue weighted by molar-refractivity contribution is 5.51. The second-order valence-electron chi connectivity index (χ2n) is 6.35. The molecule has 0 aromatic heterocycles. The highest BCUT2D eigenvalue weighted by Crippen LogP contribution is 2.30. The van der Waals surface area contributed by atoms with Gasteiger partial charge in [-0.2, -0.15) is 0 Å². The first kappa shape index (κ1) is 16.2. The summed E-state index contributed by atoms with van der Waals surface area (Å²) in [7, 11) is 1.81. The smallest absolute Gasteiger partial charge is 0.149 e. The molecule has 0 bridgehead atoms. The van der Waals surface area contributed by atoms with Crippen molar-refractivity contribution in [3.05, 3.63) is 29.3 Å². The average molecular weight is 296 g/mol. The van der Waals surface area contributed by atoms with E-state index in [0.29, 0.717) is 18.2 Å². The number of nitrogens with one attached hydrogen (secondary N) is 1. The van der Waals surface area contributed by atoms with Crippen molar-refractivity contribution in [1.29, 1.82) is 0 Å². The summed E-state index contributed by atoms with van der Waals surface area (Å²) in [6.45, 7) is 4.51. The van der Waals surface area contributed by atoms with Gasteiger partial charge in [0.1, 0.15) is 17.3 Å². The fourth-order valence-electron chi connectivity index (χ4n) is 3.03. The fourth-order valence-corrected chi connectivity index (χ4v) is 3.03. The van der Waals surface area contributed by atoms with Crippen molar-refractivity contribution in [2.24, 2.45) is 0 Å². The highest BCUT2D eigenvalue weighted by atomic mass is 19.1. The van der Waals surface area contributed by atoms with Crippen LogP contribution in [0.25, 0.3) is 0 Å². The van der Waals surface area contributed by atoms with E-state index in [0.717, 1.165) is 25.7 Å². The Morgan fingerprint density at radius 1 is 1.14 bits per heavy atom. The van der Waals surface area contributed by atoms with Gasteiger partial charge >= 0.3 is 0 Å². The van der Waals surface area contributed by atoms with Crippen LogP contribution in [-0.2, 0) is 6.54 Å². The lowest BCUT2D eigenvalue weighted by molar-refractivity contribution is 0.420. The number of benzene rings is 1. The zero-order valence-corrected chi connectivity index (χ0v) is 13.3. The number of hydrogen-bond donors (Lipinski definition) is 1. The highest BCUT2D eigenvalue weighted by Gasteiger charge is 2.23. The van der Waals surface area contributed by atoms with Gasteiger partial charge in [-0.3, -0.25) is 0 Å². The molecule has 1 saturated carbocycles. The second kappa shape index (κ2) is 7.21. The molecule has 0 atom stereocenters. The van der Waals surface area contributed by atoms with Crippen molar-refractivity contribution in [2.75, 3.05) is 11.9 Å². The second-order valence-corrected chi connectivity index (χ2v) is 6.35. The van der Waals surface area contributed by atoms with Crippen LogP contribution in [-0.4, -0.2) is 19.1 Å². The minimum atomic E-state index is -0.455. The quantitative estimate of drug-likeness (QED) is 0.874. The molecule has 118 valence electrons. The van der Waals surface area contributed by atoms with E-state index >= 15 is 0 Å². The van der Waals surface area contributed by atoms with E-state index in [2.05, 4.69) is 5.32 Å². The Morgan fingerprint density at radius 2 is 1.71 bits per heavy atom. The number of rotatable bonds is 5. The minimum Gasteiger partial charge on any atom is -0.367 e. The molecule has 1 aromatic carbocycles. The normalized spacial score (nSPS) is 16.5. The third-order valence-electron chi connectivity index (χ3n) is 4.27. The van der Waals surface area contributed by atoms with Crippen molar-refractivity contribution in [1.82, 2.24) is 5.32 Å². The Hall–Kier alpha value is -1.16. The maximum Gasteiger partial charge on any atom is 0.149 e. The van der Waals surface area contributed by atoms with Gasteiger partial charge in [-0.05, 0) is 30.5 Å². The fraction of sp³-hybridized carbons (Fsp3) is 0.647. The Bertz CT molecular complexity index is 445. The topological polar surface area (TPSA) is 15.3 Å². The lowest BCUT2D eigenvalue weighted by Gasteiger charge is -2.33. The van der Waals surface area contributed by atoms with Gasteiger partial charge < -0.3 is 10.2 Å².